The molecule has 0 bridgehead atoms. The molecule has 2 aromatic rings. The van der Waals surface area contributed by atoms with E-state index in [2.05, 4.69) is 10.3 Å². The largest absolute Gasteiger partial charge is 0.480 e. The molecular weight excluding hydrogens is 263 g/mol. The molecule has 1 aromatic carbocycles. The second-order valence-corrected chi connectivity index (χ2v) is 4.63. The highest BCUT2D eigenvalue weighted by atomic mass is 19.1. The molecule has 0 spiro atoms. The van der Waals surface area contributed by atoms with Crippen molar-refractivity contribution in [3.63, 3.8) is 0 Å². The van der Waals surface area contributed by atoms with E-state index in [1.54, 1.807) is 12.3 Å². The van der Waals surface area contributed by atoms with Gasteiger partial charge in [-0.1, -0.05) is 11.3 Å². The molecule has 1 atom stereocenters. The van der Waals surface area contributed by atoms with Crippen molar-refractivity contribution in [1.82, 2.24) is 15.0 Å². The van der Waals surface area contributed by atoms with E-state index >= 15 is 0 Å². The van der Waals surface area contributed by atoms with Gasteiger partial charge >= 0.3 is 5.97 Å². The average Bonchev–Trinajstić information content (AvgIpc) is 2.81. The highest BCUT2D eigenvalue weighted by molar-refractivity contribution is 5.73. The van der Waals surface area contributed by atoms with Gasteiger partial charge in [0.25, 0.3) is 0 Å². The lowest BCUT2D eigenvalue weighted by molar-refractivity contribution is -0.138. The Hall–Kier alpha value is -2.28. The van der Waals surface area contributed by atoms with Gasteiger partial charge in [-0.3, -0.25) is 4.79 Å². The first kappa shape index (κ1) is 14.1. The molecule has 0 aliphatic heterocycles. The number of nitrogens with two attached hydrogens (primary N) is 1. The van der Waals surface area contributed by atoms with E-state index in [1.165, 1.54) is 16.8 Å². The summed E-state index contributed by atoms with van der Waals surface area (Å²) in [5.74, 6) is -1.39. The first-order chi connectivity index (χ1) is 9.45. The molecule has 3 N–H and O–H groups in total. The van der Waals surface area contributed by atoms with Crippen LogP contribution in [-0.2, 0) is 17.8 Å². The SMILES string of the molecule is Cc1ccc(F)cc1Cn1cc(CC(N)C(=O)O)nn1. The Morgan fingerprint density at radius 2 is 2.30 bits per heavy atom. The van der Waals surface area contributed by atoms with Gasteiger partial charge in [-0.25, -0.2) is 9.07 Å². The Morgan fingerprint density at radius 3 is 3.00 bits per heavy atom. The first-order valence-electron chi connectivity index (χ1n) is 6.08. The Morgan fingerprint density at radius 1 is 1.55 bits per heavy atom. The number of benzene rings is 1. The van der Waals surface area contributed by atoms with Crippen LogP contribution in [-0.4, -0.2) is 32.1 Å². The van der Waals surface area contributed by atoms with E-state index < -0.39 is 12.0 Å². The number of halogens is 1. The van der Waals surface area contributed by atoms with Crippen LogP contribution in [0.1, 0.15) is 16.8 Å². The van der Waals surface area contributed by atoms with Crippen LogP contribution in [0.2, 0.25) is 0 Å². The number of carboxylic acids is 1. The summed E-state index contributed by atoms with van der Waals surface area (Å²) in [4.78, 5) is 10.7. The van der Waals surface area contributed by atoms with Crippen LogP contribution in [0, 0.1) is 12.7 Å². The van der Waals surface area contributed by atoms with E-state index in [1.807, 2.05) is 6.92 Å². The van der Waals surface area contributed by atoms with Gasteiger partial charge in [-0.15, -0.1) is 5.10 Å². The van der Waals surface area contributed by atoms with Crippen LogP contribution >= 0.6 is 0 Å². The molecule has 0 saturated carbocycles. The number of aliphatic carboxylic acids is 1. The Labute approximate surface area is 115 Å². The van der Waals surface area contributed by atoms with Gasteiger partial charge in [0.15, 0.2) is 0 Å². The van der Waals surface area contributed by atoms with E-state index in [9.17, 15) is 9.18 Å². The van der Waals surface area contributed by atoms with Crippen molar-refractivity contribution in [3.05, 3.63) is 47.0 Å². The minimum absolute atomic E-state index is 0.109. The first-order valence-corrected chi connectivity index (χ1v) is 6.08. The van der Waals surface area contributed by atoms with Crippen LogP contribution in [0.15, 0.2) is 24.4 Å². The summed E-state index contributed by atoms with van der Waals surface area (Å²) in [6.45, 7) is 2.26. The summed E-state index contributed by atoms with van der Waals surface area (Å²) in [7, 11) is 0. The minimum atomic E-state index is -1.08. The van der Waals surface area contributed by atoms with Crippen molar-refractivity contribution < 1.29 is 14.3 Å². The van der Waals surface area contributed by atoms with Gasteiger partial charge in [-0.2, -0.15) is 0 Å². The lowest BCUT2D eigenvalue weighted by Crippen LogP contribution is -2.32. The maximum atomic E-state index is 13.2. The molecular formula is C13H15FN4O2. The van der Waals surface area contributed by atoms with E-state index in [4.69, 9.17) is 10.8 Å². The monoisotopic (exact) mass is 278 g/mol. The molecule has 7 heteroatoms. The minimum Gasteiger partial charge on any atom is -0.480 e. The molecule has 2 rings (SSSR count). The summed E-state index contributed by atoms with van der Waals surface area (Å²) in [5.41, 5.74) is 7.67. The number of hydrogen-bond donors (Lipinski definition) is 2. The fraction of sp³-hybridized carbons (Fsp3) is 0.308. The molecule has 1 unspecified atom stereocenters. The van der Waals surface area contributed by atoms with Crippen LogP contribution in [0.5, 0.6) is 0 Å². The summed E-state index contributed by atoms with van der Waals surface area (Å²) in [5, 5.41) is 16.5. The number of hydrogen-bond acceptors (Lipinski definition) is 4. The number of aromatic nitrogens is 3. The second kappa shape index (κ2) is 5.79. The van der Waals surface area contributed by atoms with Crippen molar-refractivity contribution in [3.8, 4) is 0 Å². The van der Waals surface area contributed by atoms with Crippen LogP contribution in [0.3, 0.4) is 0 Å². The third-order valence-electron chi connectivity index (χ3n) is 2.98. The second-order valence-electron chi connectivity index (χ2n) is 4.63. The summed E-state index contributed by atoms with van der Waals surface area (Å²) >= 11 is 0. The Kier molecular flexibility index (Phi) is 4.09. The number of nitrogens with zero attached hydrogens (tertiary/aromatic N) is 3. The number of rotatable bonds is 5. The van der Waals surface area contributed by atoms with Crippen LogP contribution in [0.25, 0.3) is 0 Å². The predicted octanol–water partition coefficient (Wildman–Crippen LogP) is 0.728. The zero-order chi connectivity index (χ0) is 14.7. The highest BCUT2D eigenvalue weighted by Gasteiger charge is 2.14. The van der Waals surface area contributed by atoms with Crippen molar-refractivity contribution in [2.75, 3.05) is 0 Å². The van der Waals surface area contributed by atoms with E-state index in [-0.39, 0.29) is 12.2 Å². The molecule has 0 amide bonds. The zero-order valence-electron chi connectivity index (χ0n) is 11.0. The molecule has 0 aliphatic carbocycles. The molecule has 0 aliphatic rings. The molecule has 0 saturated heterocycles. The summed E-state index contributed by atoms with van der Waals surface area (Å²) in [6.07, 6.45) is 1.73. The molecule has 1 heterocycles. The van der Waals surface area contributed by atoms with Crippen molar-refractivity contribution >= 4 is 5.97 Å². The Balaban J connectivity index is 2.09. The number of aryl methyl sites for hydroxylation is 1. The third kappa shape index (κ3) is 3.39. The third-order valence-corrected chi connectivity index (χ3v) is 2.98. The zero-order valence-corrected chi connectivity index (χ0v) is 11.0. The molecule has 106 valence electrons. The lowest BCUT2D eigenvalue weighted by atomic mass is 10.1. The summed E-state index contributed by atoms with van der Waals surface area (Å²) < 4.78 is 14.7. The van der Waals surface area contributed by atoms with Gasteiger partial charge in [0, 0.05) is 12.6 Å². The maximum Gasteiger partial charge on any atom is 0.320 e. The highest BCUT2D eigenvalue weighted by Crippen LogP contribution is 2.11. The van der Waals surface area contributed by atoms with Crippen LogP contribution in [0.4, 0.5) is 4.39 Å². The van der Waals surface area contributed by atoms with Gasteiger partial charge in [0.1, 0.15) is 11.9 Å². The van der Waals surface area contributed by atoms with Crippen molar-refractivity contribution in [2.24, 2.45) is 5.73 Å². The van der Waals surface area contributed by atoms with Gasteiger partial charge in [0.05, 0.1) is 12.2 Å². The van der Waals surface area contributed by atoms with Crippen LogP contribution < -0.4 is 5.73 Å². The van der Waals surface area contributed by atoms with Gasteiger partial charge in [0.2, 0.25) is 0 Å². The average molecular weight is 278 g/mol. The van der Waals surface area contributed by atoms with Crippen molar-refractivity contribution in [2.45, 2.75) is 25.9 Å². The van der Waals surface area contributed by atoms with E-state index in [0.29, 0.717) is 12.2 Å². The lowest BCUT2D eigenvalue weighted by Gasteiger charge is -2.05. The van der Waals surface area contributed by atoms with Gasteiger partial charge in [-0.05, 0) is 30.2 Å². The maximum absolute atomic E-state index is 13.2. The molecule has 6 nitrogen and oxygen atoms in total. The normalized spacial score (nSPS) is 12.3. The summed E-state index contributed by atoms with van der Waals surface area (Å²) in [6, 6.07) is 3.54. The molecule has 0 fully saturated rings. The smallest absolute Gasteiger partial charge is 0.320 e. The quantitative estimate of drug-likeness (QED) is 0.840. The molecule has 1 aromatic heterocycles. The molecule has 0 radical (unpaired) electrons. The Bertz CT molecular complexity index is 627. The topological polar surface area (TPSA) is 94.0 Å². The fourth-order valence-corrected chi connectivity index (χ4v) is 1.81. The molecule has 20 heavy (non-hydrogen) atoms. The fourth-order valence-electron chi connectivity index (χ4n) is 1.81. The predicted molar refractivity (Wildman–Crippen MR) is 69.6 cm³/mol. The standard InChI is InChI=1S/C13H15FN4O2/c1-8-2-3-10(14)4-9(8)6-18-7-11(16-17-18)5-12(15)13(19)20/h2-4,7,12H,5-6,15H2,1H3,(H,19,20). The number of carbonyl (C=O) groups is 1. The van der Waals surface area contributed by atoms with E-state index in [0.717, 1.165) is 11.1 Å². The van der Waals surface area contributed by atoms with Crippen molar-refractivity contribution in [1.29, 1.82) is 0 Å². The number of carboxylic acid groups (broad SMARTS) is 1. The van der Waals surface area contributed by atoms with Gasteiger partial charge < -0.3 is 10.8 Å².